The molecule has 0 aliphatic carbocycles. The first-order chi connectivity index (χ1) is 16.5. The predicted molar refractivity (Wildman–Crippen MR) is 133 cm³/mol. The normalized spacial score (nSPS) is 10.6. The van der Waals surface area contributed by atoms with E-state index in [4.69, 9.17) is 4.74 Å². The topological polar surface area (TPSA) is 61.9 Å². The number of thiophene rings is 1. The number of rotatable bonds is 12. The van der Waals surface area contributed by atoms with Gasteiger partial charge in [0.15, 0.2) is 0 Å². The molecule has 1 aromatic heterocycles. The summed E-state index contributed by atoms with van der Waals surface area (Å²) in [4.78, 5) is 30.7. The summed E-state index contributed by atoms with van der Waals surface area (Å²) >= 11 is 1.59. The van der Waals surface area contributed by atoms with Gasteiger partial charge in [0.25, 0.3) is 0 Å². The Morgan fingerprint density at radius 3 is 2.53 bits per heavy atom. The lowest BCUT2D eigenvalue weighted by Gasteiger charge is -2.28. The molecule has 0 spiro atoms. The molecule has 1 N–H and O–H groups in total. The molecule has 3 amide bonds. The van der Waals surface area contributed by atoms with Crippen molar-refractivity contribution in [2.45, 2.75) is 26.4 Å². The molecule has 180 valence electrons. The van der Waals surface area contributed by atoms with Crippen LogP contribution in [0.1, 0.15) is 23.8 Å². The molecule has 3 rings (SSSR count). The van der Waals surface area contributed by atoms with Gasteiger partial charge in [0.1, 0.15) is 12.4 Å². The molecule has 6 nitrogen and oxygen atoms in total. The zero-order valence-electron chi connectivity index (χ0n) is 19.3. The minimum atomic E-state index is -0.453. The largest absolute Gasteiger partial charge is 0.382 e. The summed E-state index contributed by atoms with van der Waals surface area (Å²) in [5.41, 5.74) is 1.35. The number of nitrogens with one attached hydrogen (secondary N) is 1. The number of benzene rings is 2. The van der Waals surface area contributed by atoms with Crippen LogP contribution in [-0.2, 0) is 22.6 Å². The van der Waals surface area contributed by atoms with Gasteiger partial charge in [-0.1, -0.05) is 42.5 Å². The first-order valence-corrected chi connectivity index (χ1v) is 12.2. The summed E-state index contributed by atoms with van der Waals surface area (Å²) < 4.78 is 19.0. The molecule has 0 fully saturated rings. The highest BCUT2D eigenvalue weighted by Crippen LogP contribution is 2.16. The van der Waals surface area contributed by atoms with E-state index in [1.165, 1.54) is 23.1 Å². The number of carbonyl (C=O) groups excluding carboxylic acids is 2. The first-order valence-electron chi connectivity index (χ1n) is 11.3. The van der Waals surface area contributed by atoms with Crippen LogP contribution in [0.3, 0.4) is 0 Å². The highest BCUT2D eigenvalue weighted by atomic mass is 32.1. The van der Waals surface area contributed by atoms with Crippen LogP contribution in [0.25, 0.3) is 0 Å². The van der Waals surface area contributed by atoms with Crippen LogP contribution >= 0.6 is 11.3 Å². The number of hydrogen-bond donors (Lipinski definition) is 1. The number of carbonyl (C=O) groups is 2. The molecule has 0 radical (unpaired) electrons. The summed E-state index contributed by atoms with van der Waals surface area (Å²) in [6.07, 6.45) is 0.585. The Hall–Kier alpha value is -3.23. The third-order valence-electron chi connectivity index (χ3n) is 5.11. The van der Waals surface area contributed by atoms with Crippen molar-refractivity contribution in [3.05, 3.63) is 88.4 Å². The Kier molecular flexibility index (Phi) is 10.1. The van der Waals surface area contributed by atoms with Crippen LogP contribution < -0.4 is 5.32 Å². The average molecular weight is 484 g/mol. The summed E-state index contributed by atoms with van der Waals surface area (Å²) in [6.45, 7) is 4.12. The van der Waals surface area contributed by atoms with Gasteiger partial charge in [0.05, 0.1) is 6.54 Å². The zero-order valence-corrected chi connectivity index (χ0v) is 20.1. The Labute approximate surface area is 204 Å². The minimum absolute atomic E-state index is 0.0918. The molecule has 0 atom stereocenters. The smallest absolute Gasteiger partial charge is 0.322 e. The van der Waals surface area contributed by atoms with Crippen molar-refractivity contribution in [2.24, 2.45) is 0 Å². The van der Waals surface area contributed by atoms with E-state index >= 15 is 0 Å². The Balaban J connectivity index is 1.73. The first kappa shape index (κ1) is 25.4. The Morgan fingerprint density at radius 1 is 1.00 bits per heavy atom. The molecule has 0 bridgehead atoms. The standard InChI is InChI=1S/C26H30FN3O3S/c1-2-33-15-8-14-29(26(32)28-23-12-6-11-22(27)17-23)20-25(31)30(19-24-13-7-16-34-24)18-21-9-4-3-5-10-21/h3-7,9-13,16-17H,2,8,14-15,18-20H2,1H3,(H,28,32). The summed E-state index contributed by atoms with van der Waals surface area (Å²) in [5, 5.41) is 4.68. The fourth-order valence-corrected chi connectivity index (χ4v) is 4.13. The fraction of sp³-hybridized carbons (Fsp3) is 0.308. The Bertz CT molecular complexity index is 1030. The maximum Gasteiger partial charge on any atom is 0.322 e. The van der Waals surface area contributed by atoms with Gasteiger partial charge >= 0.3 is 6.03 Å². The quantitative estimate of drug-likeness (QED) is 0.352. The molecular formula is C26H30FN3O3S. The van der Waals surface area contributed by atoms with Crippen molar-refractivity contribution >= 4 is 29.0 Å². The highest BCUT2D eigenvalue weighted by molar-refractivity contribution is 7.09. The van der Waals surface area contributed by atoms with Crippen molar-refractivity contribution < 1.29 is 18.7 Å². The van der Waals surface area contributed by atoms with E-state index in [-0.39, 0.29) is 12.5 Å². The van der Waals surface area contributed by atoms with Crippen LogP contribution in [-0.4, -0.2) is 48.0 Å². The molecule has 8 heteroatoms. The maximum atomic E-state index is 13.6. The summed E-state index contributed by atoms with van der Waals surface area (Å²) in [7, 11) is 0. The van der Waals surface area contributed by atoms with Crippen molar-refractivity contribution in [3.63, 3.8) is 0 Å². The van der Waals surface area contributed by atoms with Crippen molar-refractivity contribution in [2.75, 3.05) is 31.6 Å². The third kappa shape index (κ3) is 8.28. The van der Waals surface area contributed by atoms with Gasteiger partial charge in [-0.15, -0.1) is 11.3 Å². The second-order valence-electron chi connectivity index (χ2n) is 7.73. The molecule has 34 heavy (non-hydrogen) atoms. The highest BCUT2D eigenvalue weighted by Gasteiger charge is 2.22. The number of amides is 3. The lowest BCUT2D eigenvalue weighted by Crippen LogP contribution is -2.44. The van der Waals surface area contributed by atoms with Gasteiger partial charge < -0.3 is 19.9 Å². The Morgan fingerprint density at radius 2 is 1.82 bits per heavy atom. The van der Waals surface area contributed by atoms with Crippen molar-refractivity contribution in [1.29, 1.82) is 0 Å². The van der Waals surface area contributed by atoms with Gasteiger partial charge in [-0.3, -0.25) is 4.79 Å². The van der Waals surface area contributed by atoms with Crippen molar-refractivity contribution in [3.8, 4) is 0 Å². The van der Waals surface area contributed by atoms with Gasteiger partial charge in [0, 0.05) is 36.9 Å². The molecule has 0 aliphatic heterocycles. The number of halogens is 1. The lowest BCUT2D eigenvalue weighted by atomic mass is 10.2. The van der Waals surface area contributed by atoms with E-state index in [0.717, 1.165) is 10.4 Å². The van der Waals surface area contributed by atoms with Crippen LogP contribution in [0.5, 0.6) is 0 Å². The van der Waals surface area contributed by atoms with E-state index < -0.39 is 11.8 Å². The van der Waals surface area contributed by atoms with Gasteiger partial charge in [-0.2, -0.15) is 0 Å². The van der Waals surface area contributed by atoms with E-state index in [9.17, 15) is 14.0 Å². The molecule has 3 aromatic rings. The minimum Gasteiger partial charge on any atom is -0.382 e. The van der Waals surface area contributed by atoms with Gasteiger partial charge in [-0.25, -0.2) is 9.18 Å². The van der Waals surface area contributed by atoms with Crippen LogP contribution in [0.15, 0.2) is 72.1 Å². The maximum absolute atomic E-state index is 13.6. The summed E-state index contributed by atoms with van der Waals surface area (Å²) in [5.74, 6) is -0.607. The van der Waals surface area contributed by atoms with Crippen LogP contribution in [0.4, 0.5) is 14.9 Å². The second-order valence-corrected chi connectivity index (χ2v) is 8.76. The molecule has 2 aromatic carbocycles. The van der Waals surface area contributed by atoms with Gasteiger partial charge in [0.2, 0.25) is 5.91 Å². The SMILES string of the molecule is CCOCCCN(CC(=O)N(Cc1ccccc1)Cc1cccs1)C(=O)Nc1cccc(F)c1. The van der Waals surface area contributed by atoms with Crippen LogP contribution in [0, 0.1) is 5.82 Å². The monoisotopic (exact) mass is 483 g/mol. The number of hydrogen-bond acceptors (Lipinski definition) is 4. The molecule has 0 saturated carbocycles. The number of ether oxygens (including phenoxy) is 1. The molecule has 0 aliphatic rings. The summed E-state index contributed by atoms with van der Waals surface area (Å²) in [6, 6.07) is 19.0. The van der Waals surface area contributed by atoms with Crippen LogP contribution in [0.2, 0.25) is 0 Å². The van der Waals surface area contributed by atoms with E-state index in [0.29, 0.717) is 45.0 Å². The predicted octanol–water partition coefficient (Wildman–Crippen LogP) is 5.38. The third-order valence-corrected chi connectivity index (χ3v) is 5.97. The molecule has 0 saturated heterocycles. The second kappa shape index (κ2) is 13.5. The van der Waals surface area contributed by atoms with Crippen molar-refractivity contribution in [1.82, 2.24) is 9.80 Å². The number of anilines is 1. The van der Waals surface area contributed by atoms with E-state index in [1.807, 2.05) is 54.8 Å². The molecule has 0 unspecified atom stereocenters. The number of nitrogens with zero attached hydrogens (tertiary/aromatic N) is 2. The van der Waals surface area contributed by atoms with Gasteiger partial charge in [-0.05, 0) is 48.6 Å². The zero-order chi connectivity index (χ0) is 24.2. The van der Waals surface area contributed by atoms with E-state index in [1.54, 1.807) is 22.3 Å². The average Bonchev–Trinajstić information content (AvgIpc) is 3.34. The number of urea groups is 1. The molecular weight excluding hydrogens is 453 g/mol. The lowest BCUT2D eigenvalue weighted by molar-refractivity contribution is -0.133. The fourth-order valence-electron chi connectivity index (χ4n) is 3.41. The molecule has 1 heterocycles. The van der Waals surface area contributed by atoms with E-state index in [2.05, 4.69) is 5.32 Å².